The summed E-state index contributed by atoms with van der Waals surface area (Å²) >= 11 is 0. The van der Waals surface area contributed by atoms with Gasteiger partial charge in [0.05, 0.1) is 12.7 Å². The van der Waals surface area contributed by atoms with E-state index in [9.17, 15) is 13.2 Å². The lowest BCUT2D eigenvalue weighted by Gasteiger charge is -2.10. The van der Waals surface area contributed by atoms with Crippen molar-refractivity contribution in [1.29, 1.82) is 5.26 Å². The van der Waals surface area contributed by atoms with Crippen molar-refractivity contribution in [3.05, 3.63) is 59.7 Å². The number of carbonyl (C=O) groups excluding carboxylic acids is 1. The number of para-hydroxylation sites is 1. The Morgan fingerprint density at radius 1 is 1.09 bits per heavy atom. The SMILES string of the molecule is COC(=O)c1ccccc1OS(=O)(=O)c1ccccc1C#N. The molecule has 6 nitrogen and oxygen atoms in total. The van der Waals surface area contributed by atoms with Gasteiger partial charge in [0.15, 0.2) is 5.75 Å². The molecule has 0 N–H and O–H groups in total. The maximum atomic E-state index is 12.3. The lowest BCUT2D eigenvalue weighted by molar-refractivity contribution is 0.0599. The molecule has 0 spiro atoms. The van der Waals surface area contributed by atoms with Gasteiger partial charge in [0, 0.05) is 0 Å². The summed E-state index contributed by atoms with van der Waals surface area (Å²) in [5, 5.41) is 8.98. The van der Waals surface area contributed by atoms with Crippen LogP contribution < -0.4 is 4.18 Å². The third-order valence-corrected chi connectivity index (χ3v) is 4.06. The highest BCUT2D eigenvalue weighted by Crippen LogP contribution is 2.25. The van der Waals surface area contributed by atoms with Crippen molar-refractivity contribution in [3.8, 4) is 11.8 Å². The molecule has 2 aromatic rings. The van der Waals surface area contributed by atoms with E-state index in [1.165, 1.54) is 43.5 Å². The molecule has 0 aromatic heterocycles. The van der Waals surface area contributed by atoms with Gasteiger partial charge in [-0.2, -0.15) is 13.7 Å². The highest BCUT2D eigenvalue weighted by molar-refractivity contribution is 7.87. The molecule has 0 fully saturated rings. The van der Waals surface area contributed by atoms with E-state index in [1.807, 2.05) is 0 Å². The first-order valence-electron chi connectivity index (χ1n) is 6.10. The van der Waals surface area contributed by atoms with E-state index >= 15 is 0 Å². The van der Waals surface area contributed by atoms with E-state index in [1.54, 1.807) is 18.2 Å². The summed E-state index contributed by atoms with van der Waals surface area (Å²) < 4.78 is 34.2. The Labute approximate surface area is 127 Å². The molecule has 0 unspecified atom stereocenters. The number of ether oxygens (including phenoxy) is 1. The Kier molecular flexibility index (Phi) is 4.44. The van der Waals surface area contributed by atoms with Crippen LogP contribution in [0.4, 0.5) is 0 Å². The quantitative estimate of drug-likeness (QED) is 0.633. The minimum absolute atomic E-state index is 0.0250. The molecule has 0 aliphatic carbocycles. The van der Waals surface area contributed by atoms with Gasteiger partial charge in [-0.05, 0) is 24.3 Å². The number of carbonyl (C=O) groups is 1. The molecule has 22 heavy (non-hydrogen) atoms. The first-order chi connectivity index (χ1) is 10.5. The van der Waals surface area contributed by atoms with E-state index in [-0.39, 0.29) is 21.8 Å². The largest absolute Gasteiger partial charge is 0.465 e. The molecule has 0 saturated heterocycles. The van der Waals surface area contributed by atoms with Crippen molar-refractivity contribution in [2.75, 3.05) is 7.11 Å². The summed E-state index contributed by atoms with van der Waals surface area (Å²) in [5.41, 5.74) is -0.0685. The lowest BCUT2D eigenvalue weighted by Crippen LogP contribution is -2.14. The first-order valence-corrected chi connectivity index (χ1v) is 7.51. The van der Waals surface area contributed by atoms with Crippen LogP contribution in [0.25, 0.3) is 0 Å². The van der Waals surface area contributed by atoms with E-state index < -0.39 is 16.1 Å². The fraction of sp³-hybridized carbons (Fsp3) is 0.0667. The van der Waals surface area contributed by atoms with Crippen LogP contribution in [0.2, 0.25) is 0 Å². The zero-order valence-corrected chi connectivity index (χ0v) is 12.3. The summed E-state index contributed by atoms with van der Waals surface area (Å²) in [6.07, 6.45) is 0. The molecule has 2 aromatic carbocycles. The van der Waals surface area contributed by atoms with E-state index in [0.29, 0.717) is 0 Å². The van der Waals surface area contributed by atoms with Crippen LogP contribution in [0, 0.1) is 11.3 Å². The maximum absolute atomic E-state index is 12.3. The van der Waals surface area contributed by atoms with Crippen LogP contribution in [0.15, 0.2) is 53.4 Å². The number of nitriles is 1. The second kappa shape index (κ2) is 6.28. The molecule has 2 rings (SSSR count). The molecule has 0 heterocycles. The maximum Gasteiger partial charge on any atom is 0.341 e. The normalized spacial score (nSPS) is 10.5. The number of hydrogen-bond donors (Lipinski definition) is 0. The molecule has 0 atom stereocenters. The van der Waals surface area contributed by atoms with E-state index in [0.717, 1.165) is 0 Å². The Morgan fingerprint density at radius 3 is 2.41 bits per heavy atom. The van der Waals surface area contributed by atoms with Gasteiger partial charge in [0.2, 0.25) is 0 Å². The van der Waals surface area contributed by atoms with Gasteiger partial charge in [-0.1, -0.05) is 24.3 Å². The summed E-state index contributed by atoms with van der Waals surface area (Å²) in [6, 6.07) is 13.2. The predicted octanol–water partition coefficient (Wildman–Crippen LogP) is 2.11. The molecule has 7 heteroatoms. The molecular weight excluding hydrogens is 306 g/mol. The fourth-order valence-electron chi connectivity index (χ4n) is 1.76. The molecule has 112 valence electrons. The highest BCUT2D eigenvalue weighted by atomic mass is 32.2. The molecule has 0 bridgehead atoms. The Balaban J connectivity index is 2.47. The Bertz CT molecular complexity index is 852. The number of hydrogen-bond acceptors (Lipinski definition) is 6. The molecule has 0 radical (unpaired) electrons. The number of rotatable bonds is 4. The van der Waals surface area contributed by atoms with Crippen molar-refractivity contribution in [2.45, 2.75) is 4.90 Å². The zero-order chi connectivity index (χ0) is 16.2. The predicted molar refractivity (Wildman–Crippen MR) is 76.8 cm³/mol. The van der Waals surface area contributed by atoms with Crippen LogP contribution in [-0.2, 0) is 14.9 Å². The fourth-order valence-corrected chi connectivity index (χ4v) is 2.86. The van der Waals surface area contributed by atoms with Gasteiger partial charge in [-0.25, -0.2) is 4.79 Å². The van der Waals surface area contributed by atoms with Gasteiger partial charge >= 0.3 is 16.1 Å². The van der Waals surface area contributed by atoms with Crippen LogP contribution in [0.1, 0.15) is 15.9 Å². The Hall–Kier alpha value is -2.85. The number of esters is 1. The summed E-state index contributed by atoms with van der Waals surface area (Å²) in [7, 11) is -3.07. The van der Waals surface area contributed by atoms with Crippen molar-refractivity contribution >= 4 is 16.1 Å². The van der Waals surface area contributed by atoms with Crippen LogP contribution in [-0.4, -0.2) is 21.5 Å². The third-order valence-electron chi connectivity index (χ3n) is 2.77. The van der Waals surface area contributed by atoms with E-state index in [2.05, 4.69) is 4.74 Å². The van der Waals surface area contributed by atoms with E-state index in [4.69, 9.17) is 9.44 Å². The average molecular weight is 317 g/mol. The third kappa shape index (κ3) is 3.07. The smallest absolute Gasteiger partial charge is 0.341 e. The number of methoxy groups -OCH3 is 1. The Morgan fingerprint density at radius 2 is 1.73 bits per heavy atom. The topological polar surface area (TPSA) is 93.5 Å². The second-order valence-electron chi connectivity index (χ2n) is 4.13. The van der Waals surface area contributed by atoms with Gasteiger partial charge in [-0.3, -0.25) is 0 Å². The summed E-state index contributed by atoms with van der Waals surface area (Å²) in [6.45, 7) is 0. The molecule has 0 saturated carbocycles. The van der Waals surface area contributed by atoms with Crippen LogP contribution >= 0.6 is 0 Å². The van der Waals surface area contributed by atoms with Crippen molar-refractivity contribution < 1.29 is 22.1 Å². The second-order valence-corrected chi connectivity index (χ2v) is 5.65. The minimum Gasteiger partial charge on any atom is -0.465 e. The van der Waals surface area contributed by atoms with Crippen molar-refractivity contribution in [3.63, 3.8) is 0 Å². The molecule has 0 aliphatic heterocycles. The highest BCUT2D eigenvalue weighted by Gasteiger charge is 2.23. The minimum atomic E-state index is -4.25. The summed E-state index contributed by atoms with van der Waals surface area (Å²) in [4.78, 5) is 11.4. The number of benzene rings is 2. The first kappa shape index (κ1) is 15.5. The zero-order valence-electron chi connectivity index (χ0n) is 11.5. The molecular formula is C15H11NO5S. The van der Waals surface area contributed by atoms with Gasteiger partial charge in [0.1, 0.15) is 16.5 Å². The standard InChI is InChI=1S/C15H11NO5S/c1-20-15(17)12-7-3-4-8-13(12)21-22(18,19)14-9-5-2-6-11(14)10-16/h2-9H,1H3. The van der Waals surface area contributed by atoms with Gasteiger partial charge < -0.3 is 8.92 Å². The summed E-state index contributed by atoms with van der Waals surface area (Å²) in [5.74, 6) is -0.888. The monoisotopic (exact) mass is 317 g/mol. The molecule has 0 amide bonds. The van der Waals surface area contributed by atoms with Gasteiger partial charge in [0.25, 0.3) is 0 Å². The van der Waals surface area contributed by atoms with Crippen molar-refractivity contribution in [1.82, 2.24) is 0 Å². The number of nitrogens with zero attached hydrogens (tertiary/aromatic N) is 1. The van der Waals surface area contributed by atoms with Crippen LogP contribution in [0.5, 0.6) is 5.75 Å². The van der Waals surface area contributed by atoms with Gasteiger partial charge in [-0.15, -0.1) is 0 Å². The average Bonchev–Trinajstić information content (AvgIpc) is 2.54. The molecule has 0 aliphatic rings. The van der Waals surface area contributed by atoms with Crippen LogP contribution in [0.3, 0.4) is 0 Å². The lowest BCUT2D eigenvalue weighted by atomic mass is 10.2. The van der Waals surface area contributed by atoms with Crippen molar-refractivity contribution in [2.24, 2.45) is 0 Å².